The van der Waals surface area contributed by atoms with Crippen molar-refractivity contribution in [2.24, 2.45) is 7.05 Å². The lowest BCUT2D eigenvalue weighted by molar-refractivity contribution is 0.514. The third kappa shape index (κ3) is 2.15. The Bertz CT molecular complexity index is 553. The van der Waals surface area contributed by atoms with Gasteiger partial charge in [-0.05, 0) is 31.0 Å². The van der Waals surface area contributed by atoms with Gasteiger partial charge in [-0.25, -0.2) is 0 Å². The molecule has 1 saturated carbocycles. The molecular formula is C15H19ClN2. The van der Waals surface area contributed by atoms with Gasteiger partial charge in [-0.15, -0.1) is 0 Å². The van der Waals surface area contributed by atoms with Crippen molar-refractivity contribution >= 4 is 22.5 Å². The number of halogens is 1. The Labute approximate surface area is 113 Å². The maximum atomic E-state index is 6.24. The van der Waals surface area contributed by atoms with E-state index >= 15 is 0 Å². The van der Waals surface area contributed by atoms with Crippen LogP contribution in [0.15, 0.2) is 24.3 Å². The van der Waals surface area contributed by atoms with Crippen LogP contribution in [0.25, 0.3) is 10.9 Å². The second-order valence-corrected chi connectivity index (χ2v) is 5.64. The maximum Gasteiger partial charge on any atom is 0.0499 e. The SMILES string of the molecule is Cn1c(CNC2CCCC2)cc2c(Cl)cccc21. The molecule has 0 spiro atoms. The van der Waals surface area contributed by atoms with E-state index in [0.29, 0.717) is 6.04 Å². The molecule has 1 aliphatic rings. The summed E-state index contributed by atoms with van der Waals surface area (Å²) in [5.74, 6) is 0. The number of aromatic nitrogens is 1. The smallest absolute Gasteiger partial charge is 0.0499 e. The summed E-state index contributed by atoms with van der Waals surface area (Å²) in [4.78, 5) is 0. The van der Waals surface area contributed by atoms with Crippen molar-refractivity contribution in [2.75, 3.05) is 0 Å². The summed E-state index contributed by atoms with van der Waals surface area (Å²) in [7, 11) is 2.12. The lowest BCUT2D eigenvalue weighted by Gasteiger charge is -2.12. The van der Waals surface area contributed by atoms with E-state index in [-0.39, 0.29) is 0 Å². The van der Waals surface area contributed by atoms with Crippen LogP contribution in [-0.4, -0.2) is 10.6 Å². The van der Waals surface area contributed by atoms with Gasteiger partial charge in [-0.3, -0.25) is 0 Å². The number of nitrogens with zero attached hydrogens (tertiary/aromatic N) is 1. The molecule has 0 atom stereocenters. The summed E-state index contributed by atoms with van der Waals surface area (Å²) in [5.41, 5.74) is 2.52. The quantitative estimate of drug-likeness (QED) is 0.889. The Morgan fingerprint density at radius 3 is 2.83 bits per heavy atom. The summed E-state index contributed by atoms with van der Waals surface area (Å²) in [6.45, 7) is 0.937. The number of aryl methyl sites for hydroxylation is 1. The first-order valence-electron chi connectivity index (χ1n) is 6.72. The molecule has 1 N–H and O–H groups in total. The Balaban J connectivity index is 1.83. The third-order valence-electron chi connectivity index (χ3n) is 4.06. The Morgan fingerprint density at radius 1 is 1.33 bits per heavy atom. The highest BCUT2D eigenvalue weighted by Gasteiger charge is 2.15. The number of rotatable bonds is 3. The minimum Gasteiger partial charge on any atom is -0.346 e. The number of fused-ring (bicyclic) bond motifs is 1. The van der Waals surface area contributed by atoms with Crippen molar-refractivity contribution in [2.45, 2.75) is 38.3 Å². The first-order valence-corrected chi connectivity index (χ1v) is 7.10. The molecule has 2 nitrogen and oxygen atoms in total. The van der Waals surface area contributed by atoms with Crippen molar-refractivity contribution < 1.29 is 0 Å². The van der Waals surface area contributed by atoms with Crippen LogP contribution in [-0.2, 0) is 13.6 Å². The first-order chi connectivity index (χ1) is 8.75. The second kappa shape index (κ2) is 4.94. The summed E-state index contributed by atoms with van der Waals surface area (Å²) < 4.78 is 2.24. The van der Waals surface area contributed by atoms with E-state index in [4.69, 9.17) is 11.6 Å². The largest absolute Gasteiger partial charge is 0.346 e. The highest BCUT2D eigenvalue weighted by Crippen LogP contribution is 2.26. The van der Waals surface area contributed by atoms with Gasteiger partial charge in [-0.1, -0.05) is 30.5 Å². The van der Waals surface area contributed by atoms with Gasteiger partial charge in [0.15, 0.2) is 0 Å². The van der Waals surface area contributed by atoms with Crippen LogP contribution in [0.5, 0.6) is 0 Å². The van der Waals surface area contributed by atoms with Crippen molar-refractivity contribution in [1.82, 2.24) is 9.88 Å². The van der Waals surface area contributed by atoms with Crippen molar-refractivity contribution in [1.29, 1.82) is 0 Å². The second-order valence-electron chi connectivity index (χ2n) is 5.23. The average molecular weight is 263 g/mol. The fraction of sp³-hybridized carbons (Fsp3) is 0.467. The van der Waals surface area contributed by atoms with E-state index in [9.17, 15) is 0 Å². The predicted molar refractivity (Wildman–Crippen MR) is 77.0 cm³/mol. The van der Waals surface area contributed by atoms with E-state index in [0.717, 1.165) is 17.0 Å². The molecular weight excluding hydrogens is 244 g/mol. The van der Waals surface area contributed by atoms with Gasteiger partial charge in [-0.2, -0.15) is 0 Å². The standard InChI is InChI=1S/C15H19ClN2/c1-18-12(10-17-11-5-2-3-6-11)9-13-14(16)7-4-8-15(13)18/h4,7-9,11,17H,2-3,5-6,10H2,1H3. The molecule has 1 heterocycles. The minimum atomic E-state index is 0.707. The molecule has 0 unspecified atom stereocenters. The topological polar surface area (TPSA) is 17.0 Å². The molecule has 0 aliphatic heterocycles. The molecule has 1 aromatic carbocycles. The van der Waals surface area contributed by atoms with E-state index in [2.05, 4.69) is 29.1 Å². The van der Waals surface area contributed by atoms with Gasteiger partial charge in [0.2, 0.25) is 0 Å². The van der Waals surface area contributed by atoms with Gasteiger partial charge >= 0.3 is 0 Å². The fourth-order valence-corrected chi connectivity index (χ4v) is 3.15. The highest BCUT2D eigenvalue weighted by molar-refractivity contribution is 6.35. The zero-order valence-electron chi connectivity index (χ0n) is 10.7. The lowest BCUT2D eigenvalue weighted by atomic mass is 10.2. The highest BCUT2D eigenvalue weighted by atomic mass is 35.5. The molecule has 0 saturated heterocycles. The normalized spacial score (nSPS) is 16.8. The third-order valence-corrected chi connectivity index (χ3v) is 4.39. The summed E-state index contributed by atoms with van der Waals surface area (Å²) in [6.07, 6.45) is 5.40. The fourth-order valence-electron chi connectivity index (χ4n) is 2.93. The Morgan fingerprint density at radius 2 is 2.11 bits per heavy atom. The van der Waals surface area contributed by atoms with Crippen LogP contribution >= 0.6 is 11.6 Å². The number of hydrogen-bond donors (Lipinski definition) is 1. The predicted octanol–water partition coefficient (Wildman–Crippen LogP) is 3.86. The van der Waals surface area contributed by atoms with Crippen molar-refractivity contribution in [3.05, 3.63) is 35.0 Å². The molecule has 1 fully saturated rings. The molecule has 1 aromatic heterocycles. The lowest BCUT2D eigenvalue weighted by Crippen LogP contribution is -2.26. The molecule has 0 radical (unpaired) electrons. The van der Waals surface area contributed by atoms with Crippen molar-refractivity contribution in [3.63, 3.8) is 0 Å². The van der Waals surface area contributed by atoms with E-state index in [1.807, 2.05) is 12.1 Å². The molecule has 0 amide bonds. The summed E-state index contributed by atoms with van der Waals surface area (Å²) in [5, 5.41) is 5.66. The van der Waals surface area contributed by atoms with E-state index < -0.39 is 0 Å². The van der Waals surface area contributed by atoms with E-state index in [1.165, 1.54) is 36.9 Å². The summed E-state index contributed by atoms with van der Waals surface area (Å²) in [6, 6.07) is 9.01. The summed E-state index contributed by atoms with van der Waals surface area (Å²) >= 11 is 6.24. The van der Waals surface area contributed by atoms with Gasteiger partial charge in [0.05, 0.1) is 0 Å². The van der Waals surface area contributed by atoms with Crippen LogP contribution in [0, 0.1) is 0 Å². The molecule has 0 bridgehead atoms. The van der Waals surface area contributed by atoms with Crippen molar-refractivity contribution in [3.8, 4) is 0 Å². The van der Waals surface area contributed by atoms with Gasteiger partial charge in [0.25, 0.3) is 0 Å². The van der Waals surface area contributed by atoms with Crippen LogP contribution in [0.4, 0.5) is 0 Å². The van der Waals surface area contributed by atoms with E-state index in [1.54, 1.807) is 0 Å². The number of benzene rings is 1. The van der Waals surface area contributed by atoms with Gasteiger partial charge < -0.3 is 9.88 Å². The molecule has 3 rings (SSSR count). The maximum absolute atomic E-state index is 6.24. The monoisotopic (exact) mass is 262 g/mol. The average Bonchev–Trinajstić information content (AvgIpc) is 2.97. The molecule has 3 heteroatoms. The first kappa shape index (κ1) is 12.1. The van der Waals surface area contributed by atoms with Gasteiger partial charge in [0.1, 0.15) is 0 Å². The van der Waals surface area contributed by atoms with Crippen LogP contribution in [0.2, 0.25) is 5.02 Å². The molecule has 1 aliphatic carbocycles. The number of nitrogens with one attached hydrogen (secondary N) is 1. The van der Waals surface area contributed by atoms with Crippen LogP contribution in [0.3, 0.4) is 0 Å². The number of hydrogen-bond acceptors (Lipinski definition) is 1. The van der Waals surface area contributed by atoms with Crippen LogP contribution in [0.1, 0.15) is 31.4 Å². The molecule has 2 aromatic rings. The zero-order chi connectivity index (χ0) is 12.5. The zero-order valence-corrected chi connectivity index (χ0v) is 11.5. The minimum absolute atomic E-state index is 0.707. The van der Waals surface area contributed by atoms with Crippen LogP contribution < -0.4 is 5.32 Å². The van der Waals surface area contributed by atoms with Gasteiger partial charge in [0, 0.05) is 41.3 Å². The molecule has 96 valence electrons. The molecule has 18 heavy (non-hydrogen) atoms. The Kier molecular flexibility index (Phi) is 3.31. The Hall–Kier alpha value is -0.990.